The van der Waals surface area contributed by atoms with Gasteiger partial charge in [-0.2, -0.15) is 0 Å². The zero-order valence-electron chi connectivity index (χ0n) is 15.5. The molecule has 1 aliphatic rings. The van der Waals surface area contributed by atoms with Gasteiger partial charge < -0.3 is 10.1 Å². The van der Waals surface area contributed by atoms with Crippen molar-refractivity contribution < 1.29 is 13.9 Å². The molecule has 0 spiro atoms. The molecular weight excluding hydrogens is 353 g/mol. The van der Waals surface area contributed by atoms with Gasteiger partial charge in [0.2, 0.25) is 0 Å². The Hall–Kier alpha value is -3.14. The summed E-state index contributed by atoms with van der Waals surface area (Å²) in [6.45, 7) is 0.890. The van der Waals surface area contributed by atoms with Gasteiger partial charge in [0.25, 0.3) is 5.91 Å². The Balaban J connectivity index is 1.41. The van der Waals surface area contributed by atoms with E-state index in [1.54, 1.807) is 24.3 Å². The third-order valence-corrected chi connectivity index (χ3v) is 5.27. The lowest BCUT2D eigenvalue weighted by Gasteiger charge is -2.17. The van der Waals surface area contributed by atoms with E-state index in [0.717, 1.165) is 18.4 Å². The first kappa shape index (κ1) is 18.2. The summed E-state index contributed by atoms with van der Waals surface area (Å²) in [5.74, 6) is 0.0988. The normalized spacial score (nSPS) is 14.3. The second-order valence-corrected chi connectivity index (χ2v) is 7.24. The Morgan fingerprint density at radius 1 is 0.929 bits per heavy atom. The highest BCUT2D eigenvalue weighted by Gasteiger charge is 2.44. The number of para-hydroxylation sites is 1. The maximum absolute atomic E-state index is 13.0. The number of benzene rings is 3. The van der Waals surface area contributed by atoms with Crippen LogP contribution in [0.1, 0.15) is 34.3 Å². The first-order valence-corrected chi connectivity index (χ1v) is 9.46. The highest BCUT2D eigenvalue weighted by Crippen LogP contribution is 2.47. The molecule has 142 valence electrons. The van der Waals surface area contributed by atoms with E-state index in [-0.39, 0.29) is 23.7 Å². The molecule has 0 radical (unpaired) electrons. The third kappa shape index (κ3) is 4.06. The Kier molecular flexibility index (Phi) is 5.11. The molecule has 1 amide bonds. The van der Waals surface area contributed by atoms with Gasteiger partial charge in [-0.3, -0.25) is 4.79 Å². The Labute approximate surface area is 164 Å². The summed E-state index contributed by atoms with van der Waals surface area (Å²) < 4.78 is 18.9. The van der Waals surface area contributed by atoms with Crippen LogP contribution < -0.4 is 10.1 Å². The minimum atomic E-state index is -0.282. The average molecular weight is 375 g/mol. The van der Waals surface area contributed by atoms with Gasteiger partial charge in [0, 0.05) is 12.0 Å². The van der Waals surface area contributed by atoms with Crippen LogP contribution in [0.5, 0.6) is 5.75 Å². The summed E-state index contributed by atoms with van der Waals surface area (Å²) in [5, 5.41) is 3.08. The lowest BCUT2D eigenvalue weighted by atomic mass is 9.96. The van der Waals surface area contributed by atoms with E-state index < -0.39 is 0 Å². The van der Waals surface area contributed by atoms with E-state index in [0.29, 0.717) is 17.9 Å². The quantitative estimate of drug-likeness (QED) is 0.640. The Morgan fingerprint density at radius 3 is 2.32 bits per heavy atom. The number of amides is 1. The van der Waals surface area contributed by atoms with Crippen molar-refractivity contribution >= 4 is 5.91 Å². The van der Waals surface area contributed by atoms with Crippen molar-refractivity contribution in [2.45, 2.75) is 24.9 Å². The van der Waals surface area contributed by atoms with Crippen molar-refractivity contribution in [1.29, 1.82) is 0 Å². The summed E-state index contributed by atoms with van der Waals surface area (Å²) in [7, 11) is 0. The third-order valence-electron chi connectivity index (χ3n) is 5.27. The van der Waals surface area contributed by atoms with E-state index in [9.17, 15) is 9.18 Å². The molecule has 0 saturated heterocycles. The molecule has 1 N–H and O–H groups in total. The van der Waals surface area contributed by atoms with Crippen LogP contribution in [0, 0.1) is 5.82 Å². The zero-order chi connectivity index (χ0) is 19.4. The molecule has 28 heavy (non-hydrogen) atoms. The molecule has 3 aromatic carbocycles. The van der Waals surface area contributed by atoms with Gasteiger partial charge in [0.15, 0.2) is 0 Å². The summed E-state index contributed by atoms with van der Waals surface area (Å²) >= 11 is 0. The number of carbonyl (C=O) groups is 1. The molecule has 1 saturated carbocycles. The minimum Gasteiger partial charge on any atom is -0.488 e. The molecule has 0 unspecified atom stereocenters. The molecule has 4 rings (SSSR count). The monoisotopic (exact) mass is 375 g/mol. The lowest BCUT2D eigenvalue weighted by Crippen LogP contribution is -2.32. The minimum absolute atomic E-state index is 0.0564. The predicted molar refractivity (Wildman–Crippen MR) is 107 cm³/mol. The lowest BCUT2D eigenvalue weighted by molar-refractivity contribution is 0.0945. The van der Waals surface area contributed by atoms with Gasteiger partial charge in [-0.05, 0) is 48.2 Å². The Bertz CT molecular complexity index is 950. The highest BCUT2D eigenvalue weighted by molar-refractivity contribution is 5.97. The topological polar surface area (TPSA) is 38.3 Å². The van der Waals surface area contributed by atoms with E-state index in [4.69, 9.17) is 4.74 Å². The first-order chi connectivity index (χ1) is 13.7. The fourth-order valence-electron chi connectivity index (χ4n) is 3.38. The molecule has 0 aliphatic heterocycles. The van der Waals surface area contributed by atoms with Gasteiger partial charge >= 0.3 is 0 Å². The molecule has 1 aliphatic carbocycles. The van der Waals surface area contributed by atoms with Crippen molar-refractivity contribution in [3.63, 3.8) is 0 Å². The van der Waals surface area contributed by atoms with Crippen LogP contribution in [0.15, 0.2) is 78.9 Å². The van der Waals surface area contributed by atoms with Crippen molar-refractivity contribution in [1.82, 2.24) is 5.32 Å². The van der Waals surface area contributed by atoms with Crippen LogP contribution in [0.25, 0.3) is 0 Å². The van der Waals surface area contributed by atoms with Gasteiger partial charge in [0.1, 0.15) is 18.2 Å². The molecule has 1 fully saturated rings. The van der Waals surface area contributed by atoms with Crippen LogP contribution in [0.4, 0.5) is 4.39 Å². The number of ether oxygens (including phenoxy) is 1. The van der Waals surface area contributed by atoms with Gasteiger partial charge in [-0.25, -0.2) is 4.39 Å². The molecule has 0 bridgehead atoms. The van der Waals surface area contributed by atoms with E-state index >= 15 is 0 Å². The zero-order valence-corrected chi connectivity index (χ0v) is 15.5. The molecule has 0 aromatic heterocycles. The summed E-state index contributed by atoms with van der Waals surface area (Å²) in [4.78, 5) is 12.8. The number of hydrogen-bond donors (Lipinski definition) is 1. The fourth-order valence-corrected chi connectivity index (χ4v) is 3.38. The number of carbonyl (C=O) groups excluding carboxylic acids is 1. The van der Waals surface area contributed by atoms with E-state index in [1.807, 2.05) is 30.3 Å². The largest absolute Gasteiger partial charge is 0.488 e. The molecular formula is C24H22FNO2. The molecule has 0 atom stereocenters. The van der Waals surface area contributed by atoms with Crippen LogP contribution >= 0.6 is 0 Å². The van der Waals surface area contributed by atoms with Gasteiger partial charge in [0.05, 0.1) is 5.56 Å². The summed E-state index contributed by atoms with van der Waals surface area (Å²) in [6.07, 6.45) is 2.17. The maximum atomic E-state index is 13.0. The summed E-state index contributed by atoms with van der Waals surface area (Å²) in [5.41, 5.74) is 2.68. The van der Waals surface area contributed by atoms with Crippen molar-refractivity contribution in [2.75, 3.05) is 6.54 Å². The van der Waals surface area contributed by atoms with Gasteiger partial charge in [-0.1, -0.05) is 54.6 Å². The molecule has 3 nitrogen and oxygen atoms in total. The number of rotatable bonds is 7. The number of nitrogens with one attached hydrogen (secondary N) is 1. The van der Waals surface area contributed by atoms with Crippen LogP contribution in [0.3, 0.4) is 0 Å². The Morgan fingerprint density at radius 2 is 1.61 bits per heavy atom. The number of halogens is 1. The van der Waals surface area contributed by atoms with E-state index in [1.165, 1.54) is 17.7 Å². The van der Waals surface area contributed by atoms with E-state index in [2.05, 4.69) is 17.4 Å². The standard InChI is InChI=1S/C24H22FNO2/c25-20-12-10-18(11-13-20)16-28-22-9-5-4-8-21(22)23(27)26-17-24(14-15-24)19-6-2-1-3-7-19/h1-13H,14-17H2,(H,26,27). The molecule has 3 aromatic rings. The highest BCUT2D eigenvalue weighted by atomic mass is 19.1. The predicted octanol–water partition coefficient (Wildman–Crippen LogP) is 4.87. The number of hydrogen-bond acceptors (Lipinski definition) is 2. The van der Waals surface area contributed by atoms with Crippen LogP contribution in [0.2, 0.25) is 0 Å². The van der Waals surface area contributed by atoms with Crippen LogP contribution in [-0.2, 0) is 12.0 Å². The van der Waals surface area contributed by atoms with Crippen LogP contribution in [-0.4, -0.2) is 12.5 Å². The average Bonchev–Trinajstić information content (AvgIpc) is 3.54. The first-order valence-electron chi connectivity index (χ1n) is 9.46. The van der Waals surface area contributed by atoms with Crippen molar-refractivity contribution in [2.24, 2.45) is 0 Å². The second kappa shape index (κ2) is 7.85. The maximum Gasteiger partial charge on any atom is 0.255 e. The van der Waals surface area contributed by atoms with Crippen molar-refractivity contribution in [3.05, 3.63) is 101 Å². The SMILES string of the molecule is O=C(NCC1(c2ccccc2)CC1)c1ccccc1OCc1ccc(F)cc1. The molecule has 4 heteroatoms. The van der Waals surface area contributed by atoms with Gasteiger partial charge in [-0.15, -0.1) is 0 Å². The fraction of sp³-hybridized carbons (Fsp3) is 0.208. The van der Waals surface area contributed by atoms with Crippen molar-refractivity contribution in [3.8, 4) is 5.75 Å². The molecule has 0 heterocycles. The smallest absolute Gasteiger partial charge is 0.255 e. The summed E-state index contributed by atoms with van der Waals surface area (Å²) in [6, 6.07) is 23.7. The second-order valence-electron chi connectivity index (χ2n) is 7.24.